The molecular weight excluding hydrogens is 794 g/mol. The summed E-state index contributed by atoms with van der Waals surface area (Å²) in [5, 5.41) is 48.8. The minimum Gasteiger partial charge on any atom is -0.549 e. The van der Waals surface area contributed by atoms with Crippen LogP contribution in [0, 0.1) is 49.4 Å². The maximum Gasteiger partial charge on any atom is 3.00 e. The van der Waals surface area contributed by atoms with Gasteiger partial charge in [-0.05, 0) is 23.7 Å². The maximum atomic E-state index is 12.7. The summed E-state index contributed by atoms with van der Waals surface area (Å²) in [6.45, 7) is -1.97. The van der Waals surface area contributed by atoms with Crippen LogP contribution in [0.25, 0.3) is 21.4 Å². The molecule has 0 aliphatic rings. The number of ether oxygens (including phenoxy) is 2. The van der Waals surface area contributed by atoms with Gasteiger partial charge in [-0.2, -0.15) is 0 Å². The molecule has 21 heteroatoms. The number of carbonyl (C=O) groups is 5. The number of aliphatic carboxylic acids is 4. The van der Waals surface area contributed by atoms with Crippen LogP contribution >= 0.6 is 0 Å². The van der Waals surface area contributed by atoms with Crippen molar-refractivity contribution in [2.75, 3.05) is 96.8 Å². The van der Waals surface area contributed by atoms with E-state index in [9.17, 15) is 44.1 Å². The molecule has 266 valence electrons. The van der Waals surface area contributed by atoms with Gasteiger partial charge >= 0.3 is 61.0 Å². The minimum absolute atomic E-state index is 0. The van der Waals surface area contributed by atoms with Crippen molar-refractivity contribution in [1.82, 2.24) is 15.1 Å². The van der Waals surface area contributed by atoms with E-state index in [0.29, 0.717) is 11.1 Å². The van der Waals surface area contributed by atoms with E-state index in [2.05, 4.69) is 15.3 Å². The van der Waals surface area contributed by atoms with Gasteiger partial charge in [-0.15, -0.1) is 0 Å². The smallest absolute Gasteiger partial charge is 0.549 e. The molecule has 0 unspecified atom stereocenters. The molecule has 0 radical (unpaired) electrons. The van der Waals surface area contributed by atoms with E-state index < -0.39 is 61.6 Å². The van der Waals surface area contributed by atoms with Crippen LogP contribution in [-0.4, -0.2) is 137 Å². The molecule has 0 aliphatic carbocycles. The molecule has 49 heavy (non-hydrogen) atoms. The number of rotatable bonds is 25. The number of hydrogen-bond donors (Lipinski definition) is 2. The molecule has 0 bridgehead atoms. The van der Waals surface area contributed by atoms with Crippen LogP contribution in [-0.2, 0) is 28.7 Å². The van der Waals surface area contributed by atoms with Crippen molar-refractivity contribution < 1.29 is 108 Å². The van der Waals surface area contributed by atoms with E-state index in [0.717, 1.165) is 9.80 Å². The quantitative estimate of drug-likeness (QED) is 0.0314. The zero-order valence-electron chi connectivity index (χ0n) is 26.1. The topological polar surface area (TPSA) is 294 Å². The molecule has 0 atom stereocenters. The van der Waals surface area contributed by atoms with E-state index >= 15 is 0 Å². The van der Waals surface area contributed by atoms with Crippen LogP contribution in [0.1, 0.15) is 10.4 Å². The fourth-order valence-corrected chi connectivity index (χ4v) is 4.32. The average molecular weight is 829 g/mol. The van der Waals surface area contributed by atoms with Crippen molar-refractivity contribution >= 4 is 46.4 Å². The van der Waals surface area contributed by atoms with Gasteiger partial charge in [-0.3, -0.25) is 19.4 Å². The first kappa shape index (κ1) is 43.3. The number of carbonyl (C=O) groups excluding carboxylic acids is 4. The fourth-order valence-electron chi connectivity index (χ4n) is 4.32. The second-order valence-electron chi connectivity index (χ2n) is 10.0. The molecule has 2 aromatic rings. The monoisotopic (exact) mass is 829 g/mol. The number of anilines is 1. The first-order chi connectivity index (χ1) is 22.9. The Morgan fingerprint density at radius 2 is 1.43 bits per heavy atom. The van der Waals surface area contributed by atoms with Crippen molar-refractivity contribution in [3.05, 3.63) is 50.7 Å². The summed E-state index contributed by atoms with van der Waals surface area (Å²) < 4.78 is 15.9. The summed E-state index contributed by atoms with van der Waals surface area (Å²) in [6.07, 6.45) is 0. The Balaban J connectivity index is 0.0000120. The number of nitrogens with one attached hydrogen (secondary N) is 1. The van der Waals surface area contributed by atoms with Crippen LogP contribution in [0.5, 0.6) is 0 Å². The van der Waals surface area contributed by atoms with Crippen LogP contribution < -0.4 is 31.2 Å². The zero-order chi connectivity index (χ0) is 35.5. The van der Waals surface area contributed by atoms with Crippen molar-refractivity contribution in [3.63, 3.8) is 0 Å². The summed E-state index contributed by atoms with van der Waals surface area (Å²) in [5.41, 5.74) is 7.39. The van der Waals surface area contributed by atoms with Gasteiger partial charge in [-0.25, -0.2) is 4.79 Å². The number of nitrogens with zero attached hydrogens (tertiary/aromatic N) is 6. The van der Waals surface area contributed by atoms with Crippen molar-refractivity contribution in [1.29, 1.82) is 0 Å². The predicted octanol–water partition coefficient (Wildman–Crippen LogP) is -4.39. The molecule has 1 aromatic carbocycles. The van der Waals surface area contributed by atoms with Crippen molar-refractivity contribution in [2.45, 2.75) is 0 Å². The largest absolute Gasteiger partial charge is 3.00 e. The molecule has 0 spiro atoms. The number of carboxylic acids is 4. The number of hydrogen-bond acceptors (Lipinski definition) is 16. The Kier molecular flexibility index (Phi) is 20.9. The first-order valence-corrected chi connectivity index (χ1v) is 14.4. The van der Waals surface area contributed by atoms with Gasteiger partial charge in [0.2, 0.25) is 0 Å². The van der Waals surface area contributed by atoms with Crippen LogP contribution in [0.15, 0.2) is 38.6 Å². The normalized spacial score (nSPS) is 10.7. The molecule has 0 fully saturated rings. The minimum atomic E-state index is -1.53. The molecule has 1 heterocycles. The van der Waals surface area contributed by atoms with Gasteiger partial charge in [0.25, 0.3) is 5.91 Å². The molecule has 1 aromatic heterocycles. The van der Waals surface area contributed by atoms with Gasteiger partial charge in [0, 0.05) is 81.0 Å². The molecule has 0 aliphatic heterocycles. The van der Waals surface area contributed by atoms with Crippen LogP contribution in [0.4, 0.5) is 5.69 Å². The Morgan fingerprint density at radius 3 is 1.98 bits per heavy atom. The van der Waals surface area contributed by atoms with E-state index in [1.807, 2.05) is 0 Å². The molecule has 20 nitrogen and oxygen atoms in total. The Bertz CT molecular complexity index is 1460. The molecule has 1 amide bonds. The van der Waals surface area contributed by atoms with Crippen LogP contribution in [0.3, 0.4) is 0 Å². The van der Waals surface area contributed by atoms with Gasteiger partial charge in [-0.1, -0.05) is 5.11 Å². The van der Waals surface area contributed by atoms with E-state index in [1.165, 1.54) is 18.2 Å². The first-order valence-electron chi connectivity index (χ1n) is 14.4. The van der Waals surface area contributed by atoms with E-state index in [4.69, 9.17) is 24.5 Å². The summed E-state index contributed by atoms with van der Waals surface area (Å²) in [7, 11) is 0. The number of carboxylic acid groups (broad SMARTS) is 4. The third-order valence-corrected chi connectivity index (χ3v) is 6.42. The fraction of sp³-hybridized carbons (Fsp3) is 0.500. The Labute approximate surface area is 319 Å². The second-order valence-corrected chi connectivity index (χ2v) is 10.0. The average Bonchev–Trinajstić information content (AvgIpc) is 3.00. The van der Waals surface area contributed by atoms with Gasteiger partial charge in [0.15, 0.2) is 0 Å². The Morgan fingerprint density at radius 1 is 0.857 bits per heavy atom. The number of amides is 1. The number of fused-ring (bicyclic) bond motifs is 1. The molecule has 2 rings (SSSR count). The summed E-state index contributed by atoms with van der Waals surface area (Å²) >= 11 is 0. The molecule has 0 saturated heterocycles. The zero-order valence-corrected chi connectivity index (χ0v) is 28.5. The SMILES string of the molecule is [Eu+3].[N-]=[N+]=NCCOCCOCCNC(=O)c1cc2ccc(N(CCN(CC(=O)[O-])CC(=O)[O-])CCN(CC(=O)[O-])CC(=O)O)cc2oc1=O. The summed E-state index contributed by atoms with van der Waals surface area (Å²) in [4.78, 5) is 76.3. The third kappa shape index (κ3) is 17.5. The maximum absolute atomic E-state index is 12.7. The molecule has 2 N–H and O–H groups in total. The van der Waals surface area contributed by atoms with Crippen LogP contribution in [0.2, 0.25) is 0 Å². The second kappa shape index (κ2) is 23.6. The summed E-state index contributed by atoms with van der Waals surface area (Å²) in [5.74, 6) is -6.58. The third-order valence-electron chi connectivity index (χ3n) is 6.42. The van der Waals surface area contributed by atoms with Gasteiger partial charge in [0.1, 0.15) is 11.1 Å². The number of azide groups is 1. The van der Waals surface area contributed by atoms with Crippen molar-refractivity contribution in [2.24, 2.45) is 5.11 Å². The molecular formula is C28H34EuN7O13. The predicted molar refractivity (Wildman–Crippen MR) is 158 cm³/mol. The standard InChI is InChI=1S/C28H37N7O13.Eu/c29-32-31-4-10-47-12-11-46-9-3-30-27(44)21-13-19-1-2-20(14-22(19)48-28(21)45)35(7-5-33(15-23(36)37)16-24(38)39)8-6-34(17-25(40)41)18-26(42)43;/h1-2,13-14H,3-12,15-18H2,(H,30,44)(H,36,37)(H,38,39)(H,40,41)(H,42,43);/q;+3/p-3. The van der Waals surface area contributed by atoms with Crippen molar-refractivity contribution in [3.8, 4) is 0 Å². The van der Waals surface area contributed by atoms with E-state index in [-0.39, 0.29) is 126 Å². The number of benzene rings is 1. The Hall–Kier alpha value is -3.69. The van der Waals surface area contributed by atoms with E-state index in [1.54, 1.807) is 11.0 Å². The summed E-state index contributed by atoms with van der Waals surface area (Å²) in [6, 6.07) is 5.84. The van der Waals surface area contributed by atoms with Gasteiger partial charge < -0.3 is 58.9 Å². The molecule has 0 saturated carbocycles. The van der Waals surface area contributed by atoms with Gasteiger partial charge in [0.05, 0.1) is 50.9 Å².